The summed E-state index contributed by atoms with van der Waals surface area (Å²) in [7, 11) is -2.22. The lowest BCUT2D eigenvalue weighted by atomic mass is 10.2. The van der Waals surface area contributed by atoms with Crippen LogP contribution in [0.25, 0.3) is 0 Å². The van der Waals surface area contributed by atoms with E-state index in [0.29, 0.717) is 10.6 Å². The standard InChI is InChI=1S/C20H23ClN2O3S2/c1-22(14-15-6-5-7-16(21)12-15)28(25,26)17-8-9-19(27-2)18(13-17)20(24)23-10-3-4-11-23/h5-9,12-13H,3-4,10-11,14H2,1-2H3. The van der Waals surface area contributed by atoms with Crippen LogP contribution >= 0.6 is 23.4 Å². The summed E-state index contributed by atoms with van der Waals surface area (Å²) in [4.78, 5) is 15.6. The predicted molar refractivity (Wildman–Crippen MR) is 113 cm³/mol. The molecule has 2 aromatic carbocycles. The van der Waals surface area contributed by atoms with Crippen molar-refractivity contribution in [1.82, 2.24) is 9.21 Å². The number of benzene rings is 2. The van der Waals surface area contributed by atoms with Crippen molar-refractivity contribution in [2.24, 2.45) is 0 Å². The molecule has 8 heteroatoms. The molecule has 1 saturated heterocycles. The van der Waals surface area contributed by atoms with Gasteiger partial charge in [0.05, 0.1) is 10.5 Å². The first kappa shape index (κ1) is 21.2. The van der Waals surface area contributed by atoms with E-state index < -0.39 is 10.0 Å². The first-order chi connectivity index (χ1) is 13.3. The molecule has 0 bridgehead atoms. The maximum atomic E-state index is 13.1. The van der Waals surface area contributed by atoms with E-state index in [-0.39, 0.29) is 17.3 Å². The largest absolute Gasteiger partial charge is 0.339 e. The summed E-state index contributed by atoms with van der Waals surface area (Å²) in [5.41, 5.74) is 1.25. The van der Waals surface area contributed by atoms with E-state index >= 15 is 0 Å². The van der Waals surface area contributed by atoms with Gasteiger partial charge in [-0.1, -0.05) is 23.7 Å². The summed E-state index contributed by atoms with van der Waals surface area (Å²) >= 11 is 7.44. The first-order valence-electron chi connectivity index (χ1n) is 9.01. The van der Waals surface area contributed by atoms with Crippen molar-refractivity contribution < 1.29 is 13.2 Å². The van der Waals surface area contributed by atoms with Crippen molar-refractivity contribution >= 4 is 39.3 Å². The fourth-order valence-corrected chi connectivity index (χ4v) is 5.23. The van der Waals surface area contributed by atoms with Gasteiger partial charge >= 0.3 is 0 Å². The predicted octanol–water partition coefficient (Wildman–Crippen LogP) is 4.12. The fraction of sp³-hybridized carbons (Fsp3) is 0.350. The highest BCUT2D eigenvalue weighted by atomic mass is 35.5. The minimum Gasteiger partial charge on any atom is -0.339 e. The number of thioether (sulfide) groups is 1. The van der Waals surface area contributed by atoms with Crippen LogP contribution in [0.15, 0.2) is 52.3 Å². The molecule has 28 heavy (non-hydrogen) atoms. The van der Waals surface area contributed by atoms with Crippen LogP contribution in [0.1, 0.15) is 28.8 Å². The molecule has 0 aromatic heterocycles. The second-order valence-corrected chi connectivity index (χ2v) is 10.1. The minimum absolute atomic E-state index is 0.101. The fourth-order valence-electron chi connectivity index (χ4n) is 3.26. The molecule has 150 valence electrons. The van der Waals surface area contributed by atoms with Crippen molar-refractivity contribution in [3.8, 4) is 0 Å². The van der Waals surface area contributed by atoms with Gasteiger partial charge in [0.25, 0.3) is 5.91 Å². The number of carbonyl (C=O) groups is 1. The summed E-state index contributed by atoms with van der Waals surface area (Å²) in [5, 5.41) is 0.561. The van der Waals surface area contributed by atoms with Gasteiger partial charge in [-0.05, 0) is 55.0 Å². The van der Waals surface area contributed by atoms with Gasteiger partial charge < -0.3 is 4.90 Å². The van der Waals surface area contributed by atoms with Crippen LogP contribution in [0.2, 0.25) is 5.02 Å². The van der Waals surface area contributed by atoms with E-state index in [1.807, 2.05) is 12.3 Å². The minimum atomic E-state index is -3.74. The number of nitrogens with zero attached hydrogens (tertiary/aromatic N) is 2. The van der Waals surface area contributed by atoms with Crippen LogP contribution in [0.4, 0.5) is 0 Å². The maximum absolute atomic E-state index is 13.1. The summed E-state index contributed by atoms with van der Waals surface area (Å²) in [6, 6.07) is 11.9. The zero-order valence-electron chi connectivity index (χ0n) is 15.9. The summed E-state index contributed by atoms with van der Waals surface area (Å²) < 4.78 is 27.4. The summed E-state index contributed by atoms with van der Waals surface area (Å²) in [6.45, 7) is 1.64. The summed E-state index contributed by atoms with van der Waals surface area (Å²) in [6.07, 6.45) is 3.86. The highest BCUT2D eigenvalue weighted by Crippen LogP contribution is 2.28. The van der Waals surface area contributed by atoms with Crippen molar-refractivity contribution in [2.75, 3.05) is 26.4 Å². The number of hydrogen-bond acceptors (Lipinski definition) is 4. The van der Waals surface area contributed by atoms with Crippen molar-refractivity contribution in [3.63, 3.8) is 0 Å². The molecule has 1 amide bonds. The van der Waals surface area contributed by atoms with Gasteiger partial charge in [-0.2, -0.15) is 4.31 Å². The van der Waals surface area contributed by atoms with Crippen molar-refractivity contribution in [3.05, 3.63) is 58.6 Å². The Bertz CT molecular complexity index is 973. The van der Waals surface area contributed by atoms with Gasteiger partial charge in [0.15, 0.2) is 0 Å². The maximum Gasteiger partial charge on any atom is 0.255 e. The van der Waals surface area contributed by atoms with E-state index in [1.165, 1.54) is 29.2 Å². The number of amides is 1. The van der Waals surface area contributed by atoms with E-state index in [2.05, 4.69) is 0 Å². The smallest absolute Gasteiger partial charge is 0.255 e. The number of halogens is 1. The molecule has 0 atom stereocenters. The molecule has 0 radical (unpaired) electrons. The number of likely N-dealkylation sites (tertiary alicyclic amines) is 1. The molecule has 0 spiro atoms. The third-order valence-corrected chi connectivity index (χ3v) is 7.63. The summed E-state index contributed by atoms with van der Waals surface area (Å²) in [5.74, 6) is -0.101. The molecule has 1 aliphatic heterocycles. The zero-order chi connectivity index (χ0) is 20.3. The van der Waals surface area contributed by atoms with Crippen LogP contribution in [0.5, 0.6) is 0 Å². The highest BCUT2D eigenvalue weighted by molar-refractivity contribution is 7.98. The van der Waals surface area contributed by atoms with E-state index in [0.717, 1.165) is 36.4 Å². The van der Waals surface area contributed by atoms with Gasteiger partial charge in [-0.3, -0.25) is 4.79 Å². The van der Waals surface area contributed by atoms with Crippen LogP contribution < -0.4 is 0 Å². The molecule has 0 aliphatic carbocycles. The zero-order valence-corrected chi connectivity index (χ0v) is 18.3. The Hall–Kier alpha value is -1.54. The first-order valence-corrected chi connectivity index (χ1v) is 12.1. The Kier molecular flexibility index (Phi) is 6.70. The molecule has 5 nitrogen and oxygen atoms in total. The molecular formula is C20H23ClN2O3S2. The molecular weight excluding hydrogens is 416 g/mol. The molecule has 1 aliphatic rings. The molecule has 1 heterocycles. The number of hydrogen-bond donors (Lipinski definition) is 0. The van der Waals surface area contributed by atoms with Gasteiger partial charge in [0.1, 0.15) is 0 Å². The third-order valence-electron chi connectivity index (χ3n) is 4.80. The van der Waals surface area contributed by atoms with Crippen LogP contribution in [-0.4, -0.2) is 49.9 Å². The molecule has 0 N–H and O–H groups in total. The average molecular weight is 439 g/mol. The Morgan fingerprint density at radius 1 is 1.18 bits per heavy atom. The Morgan fingerprint density at radius 2 is 1.89 bits per heavy atom. The highest BCUT2D eigenvalue weighted by Gasteiger charge is 2.26. The molecule has 3 rings (SSSR count). The lowest BCUT2D eigenvalue weighted by molar-refractivity contribution is 0.0789. The van der Waals surface area contributed by atoms with Crippen LogP contribution in [0.3, 0.4) is 0 Å². The lowest BCUT2D eigenvalue weighted by Crippen LogP contribution is -2.29. The van der Waals surface area contributed by atoms with E-state index in [4.69, 9.17) is 11.6 Å². The SMILES string of the molecule is CSc1ccc(S(=O)(=O)N(C)Cc2cccc(Cl)c2)cc1C(=O)N1CCCC1. The van der Waals surface area contributed by atoms with E-state index in [9.17, 15) is 13.2 Å². The molecule has 1 fully saturated rings. The van der Waals surface area contributed by atoms with Gasteiger partial charge in [-0.25, -0.2) is 8.42 Å². The lowest BCUT2D eigenvalue weighted by Gasteiger charge is -2.20. The Labute approximate surface area is 175 Å². The van der Waals surface area contributed by atoms with Gasteiger partial charge in [0, 0.05) is 36.6 Å². The van der Waals surface area contributed by atoms with E-state index in [1.54, 1.807) is 35.2 Å². The molecule has 0 unspecified atom stereocenters. The second kappa shape index (κ2) is 8.86. The van der Waals surface area contributed by atoms with Crippen molar-refractivity contribution in [1.29, 1.82) is 0 Å². The Balaban J connectivity index is 1.90. The number of sulfonamides is 1. The average Bonchev–Trinajstić information content (AvgIpc) is 3.21. The van der Waals surface area contributed by atoms with Crippen molar-refractivity contribution in [2.45, 2.75) is 29.2 Å². The number of carbonyl (C=O) groups excluding carboxylic acids is 1. The van der Waals surface area contributed by atoms with Crippen LogP contribution in [-0.2, 0) is 16.6 Å². The third kappa shape index (κ3) is 4.54. The van der Waals surface area contributed by atoms with Gasteiger partial charge in [-0.15, -0.1) is 11.8 Å². The Morgan fingerprint density at radius 3 is 2.54 bits per heavy atom. The topological polar surface area (TPSA) is 57.7 Å². The van der Waals surface area contributed by atoms with Crippen LogP contribution in [0, 0.1) is 0 Å². The normalized spacial score (nSPS) is 14.6. The monoisotopic (exact) mass is 438 g/mol. The second-order valence-electron chi connectivity index (χ2n) is 6.75. The molecule has 2 aromatic rings. The number of rotatable bonds is 6. The van der Waals surface area contributed by atoms with Gasteiger partial charge in [0.2, 0.25) is 10.0 Å². The molecule has 0 saturated carbocycles. The quantitative estimate of drug-likeness (QED) is 0.636.